The number of hydrogen-bond donors (Lipinski definition) is 1. The fourth-order valence-electron chi connectivity index (χ4n) is 2.99. The van der Waals surface area contributed by atoms with E-state index in [9.17, 15) is 14.7 Å². The predicted octanol–water partition coefficient (Wildman–Crippen LogP) is 1.26. The maximum Gasteiger partial charge on any atom is 0.323 e. The summed E-state index contributed by atoms with van der Waals surface area (Å²) < 4.78 is 15.5. The van der Waals surface area contributed by atoms with E-state index in [0.29, 0.717) is 31.9 Å². The van der Waals surface area contributed by atoms with Gasteiger partial charge in [-0.1, -0.05) is 6.07 Å². The molecular weight excluding hydrogens is 326 g/mol. The molecule has 0 aromatic heterocycles. The molecule has 1 heterocycles. The summed E-state index contributed by atoms with van der Waals surface area (Å²) in [4.78, 5) is 24.9. The number of esters is 2. The number of methoxy groups -OCH3 is 1. The van der Waals surface area contributed by atoms with Gasteiger partial charge in [0.15, 0.2) is 0 Å². The third-order valence-electron chi connectivity index (χ3n) is 4.10. The van der Waals surface area contributed by atoms with Gasteiger partial charge in [0, 0.05) is 32.0 Å². The van der Waals surface area contributed by atoms with Crippen LogP contribution in [-0.2, 0) is 32.2 Å². The van der Waals surface area contributed by atoms with Crippen LogP contribution in [0.2, 0.25) is 0 Å². The number of nitrogens with zero attached hydrogens (tertiary/aromatic N) is 1. The van der Waals surface area contributed by atoms with Crippen molar-refractivity contribution in [3.8, 4) is 5.75 Å². The Kier molecular flexibility index (Phi) is 6.78. The average molecular weight is 351 g/mol. The van der Waals surface area contributed by atoms with Gasteiger partial charge in [0.25, 0.3) is 0 Å². The molecule has 0 radical (unpaired) electrons. The molecule has 1 aromatic carbocycles. The molecule has 0 amide bonds. The van der Waals surface area contributed by atoms with Crippen molar-refractivity contribution < 1.29 is 28.9 Å². The van der Waals surface area contributed by atoms with Crippen LogP contribution in [0.3, 0.4) is 0 Å². The zero-order chi connectivity index (χ0) is 18.4. The van der Waals surface area contributed by atoms with Crippen molar-refractivity contribution in [3.63, 3.8) is 0 Å². The Morgan fingerprint density at radius 2 is 2.12 bits per heavy atom. The summed E-state index contributed by atoms with van der Waals surface area (Å²) in [5, 5.41) is 9.88. The Bertz CT molecular complexity index is 618. The van der Waals surface area contributed by atoms with Crippen molar-refractivity contribution >= 4 is 11.9 Å². The molecule has 0 spiro atoms. The highest BCUT2D eigenvalue weighted by Crippen LogP contribution is 2.25. The van der Waals surface area contributed by atoms with Crippen LogP contribution in [0.1, 0.15) is 31.4 Å². The maximum atomic E-state index is 11.9. The number of ether oxygens (including phenoxy) is 3. The Morgan fingerprint density at radius 1 is 1.36 bits per heavy atom. The molecule has 1 fully saturated rings. The molecular formula is C18H25NO6. The normalized spacial score (nSPS) is 20.3. The van der Waals surface area contributed by atoms with Crippen LogP contribution in [0, 0.1) is 0 Å². The van der Waals surface area contributed by atoms with Gasteiger partial charge < -0.3 is 19.3 Å². The van der Waals surface area contributed by atoms with Gasteiger partial charge in [-0.05, 0) is 24.6 Å². The zero-order valence-corrected chi connectivity index (χ0v) is 14.9. The van der Waals surface area contributed by atoms with Gasteiger partial charge in [0.2, 0.25) is 0 Å². The number of β-amino-alcohol motifs (C(OH)–C–C–N with tert-alkyl or cyclic N) is 1. The largest absolute Gasteiger partial charge is 0.493 e. The van der Waals surface area contributed by atoms with Gasteiger partial charge in [-0.2, -0.15) is 0 Å². The number of aliphatic hydroxyl groups is 1. The maximum absolute atomic E-state index is 11.9. The van der Waals surface area contributed by atoms with E-state index in [1.165, 1.54) is 14.0 Å². The molecule has 1 saturated heterocycles. The van der Waals surface area contributed by atoms with Gasteiger partial charge in [0.05, 0.1) is 19.8 Å². The first-order chi connectivity index (χ1) is 11.9. The standard InChI is InChI=1S/C18H25NO6/c1-4-24-17-6-5-13(7-14(17)11-25-12(2)20)9-19-10-15(21)8-16(19)18(22)23-3/h5-7,15-16,21H,4,8-11H2,1-3H3/t15-,16+/m1/s1. The second-order valence-electron chi connectivity index (χ2n) is 6.01. The zero-order valence-electron chi connectivity index (χ0n) is 14.9. The molecule has 0 saturated carbocycles. The first-order valence-corrected chi connectivity index (χ1v) is 8.32. The van der Waals surface area contributed by atoms with Gasteiger partial charge in [-0.3, -0.25) is 14.5 Å². The van der Waals surface area contributed by atoms with E-state index in [0.717, 1.165) is 11.1 Å². The van der Waals surface area contributed by atoms with E-state index in [1.54, 1.807) is 0 Å². The first-order valence-electron chi connectivity index (χ1n) is 8.32. The number of aliphatic hydroxyl groups excluding tert-OH is 1. The van der Waals surface area contributed by atoms with Crippen LogP contribution >= 0.6 is 0 Å². The van der Waals surface area contributed by atoms with Crippen LogP contribution in [0.25, 0.3) is 0 Å². The molecule has 7 nitrogen and oxygen atoms in total. The van der Waals surface area contributed by atoms with E-state index in [1.807, 2.05) is 30.0 Å². The second-order valence-corrected chi connectivity index (χ2v) is 6.01. The van der Waals surface area contributed by atoms with E-state index < -0.39 is 12.1 Å². The van der Waals surface area contributed by atoms with Gasteiger partial charge >= 0.3 is 11.9 Å². The lowest BCUT2D eigenvalue weighted by atomic mass is 10.1. The first kappa shape index (κ1) is 19.2. The average Bonchev–Trinajstić information content (AvgIpc) is 2.94. The van der Waals surface area contributed by atoms with Gasteiger partial charge in [-0.25, -0.2) is 0 Å². The quantitative estimate of drug-likeness (QED) is 0.740. The van der Waals surface area contributed by atoms with Crippen molar-refractivity contribution in [2.24, 2.45) is 0 Å². The molecule has 138 valence electrons. The lowest BCUT2D eigenvalue weighted by Crippen LogP contribution is -2.36. The molecule has 7 heteroatoms. The van der Waals surface area contributed by atoms with Crippen molar-refractivity contribution in [3.05, 3.63) is 29.3 Å². The van der Waals surface area contributed by atoms with Crippen LogP contribution in [0.4, 0.5) is 0 Å². The number of carbonyl (C=O) groups is 2. The van der Waals surface area contributed by atoms with Gasteiger partial charge in [-0.15, -0.1) is 0 Å². The minimum absolute atomic E-state index is 0.127. The number of carbonyl (C=O) groups excluding carboxylic acids is 2. The Labute approximate surface area is 147 Å². The van der Waals surface area contributed by atoms with E-state index >= 15 is 0 Å². The topological polar surface area (TPSA) is 85.3 Å². The van der Waals surface area contributed by atoms with Crippen molar-refractivity contribution in [1.29, 1.82) is 0 Å². The second kappa shape index (κ2) is 8.82. The highest BCUT2D eigenvalue weighted by atomic mass is 16.5. The third-order valence-corrected chi connectivity index (χ3v) is 4.10. The predicted molar refractivity (Wildman–Crippen MR) is 89.9 cm³/mol. The number of rotatable bonds is 7. The summed E-state index contributed by atoms with van der Waals surface area (Å²) in [6.07, 6.45) is -0.184. The van der Waals surface area contributed by atoms with Crippen molar-refractivity contribution in [2.45, 2.75) is 45.6 Å². The Balaban J connectivity index is 2.16. The highest BCUT2D eigenvalue weighted by Gasteiger charge is 2.36. The fourth-order valence-corrected chi connectivity index (χ4v) is 2.99. The smallest absolute Gasteiger partial charge is 0.323 e. The van der Waals surface area contributed by atoms with Crippen LogP contribution < -0.4 is 4.74 Å². The molecule has 0 unspecified atom stereocenters. The van der Waals surface area contributed by atoms with E-state index in [2.05, 4.69) is 0 Å². The Hall–Kier alpha value is -2.12. The summed E-state index contributed by atoms with van der Waals surface area (Å²) in [6, 6.07) is 5.18. The molecule has 1 aromatic rings. The molecule has 1 N–H and O–H groups in total. The summed E-state index contributed by atoms with van der Waals surface area (Å²) >= 11 is 0. The van der Waals surface area contributed by atoms with Crippen LogP contribution in [0.15, 0.2) is 18.2 Å². The molecule has 25 heavy (non-hydrogen) atoms. The minimum atomic E-state index is -0.549. The number of benzene rings is 1. The third kappa shape index (κ3) is 5.17. The Morgan fingerprint density at radius 3 is 2.76 bits per heavy atom. The monoisotopic (exact) mass is 351 g/mol. The minimum Gasteiger partial charge on any atom is -0.493 e. The van der Waals surface area contributed by atoms with Crippen LogP contribution in [-0.4, -0.2) is 54.4 Å². The highest BCUT2D eigenvalue weighted by molar-refractivity contribution is 5.76. The summed E-state index contributed by atoms with van der Waals surface area (Å²) in [5.41, 5.74) is 1.71. The van der Waals surface area contributed by atoms with Gasteiger partial charge in [0.1, 0.15) is 18.4 Å². The number of hydrogen-bond acceptors (Lipinski definition) is 7. The van der Waals surface area contributed by atoms with E-state index in [4.69, 9.17) is 14.2 Å². The lowest BCUT2D eigenvalue weighted by molar-refractivity contribution is -0.146. The summed E-state index contributed by atoms with van der Waals surface area (Å²) in [5.74, 6) is -0.0395. The summed E-state index contributed by atoms with van der Waals surface area (Å²) in [7, 11) is 1.35. The molecule has 0 bridgehead atoms. The lowest BCUT2D eigenvalue weighted by Gasteiger charge is -2.22. The molecule has 2 rings (SSSR count). The molecule has 0 aliphatic carbocycles. The fraction of sp³-hybridized carbons (Fsp3) is 0.556. The van der Waals surface area contributed by atoms with Crippen LogP contribution in [0.5, 0.6) is 5.75 Å². The molecule has 2 atom stereocenters. The molecule has 1 aliphatic rings. The number of likely N-dealkylation sites (tertiary alicyclic amines) is 1. The SMILES string of the molecule is CCOc1ccc(CN2C[C@H](O)C[C@H]2C(=O)OC)cc1COC(C)=O. The van der Waals surface area contributed by atoms with E-state index in [-0.39, 0.29) is 18.5 Å². The van der Waals surface area contributed by atoms with Crippen molar-refractivity contribution in [1.82, 2.24) is 4.90 Å². The summed E-state index contributed by atoms with van der Waals surface area (Å²) in [6.45, 7) is 4.77. The molecule has 1 aliphatic heterocycles. The van der Waals surface area contributed by atoms with Crippen molar-refractivity contribution in [2.75, 3.05) is 20.3 Å².